The largest absolute Gasteiger partial charge is 0.340 e. The van der Waals surface area contributed by atoms with E-state index >= 15 is 0 Å². The van der Waals surface area contributed by atoms with Gasteiger partial charge in [0.2, 0.25) is 5.91 Å². The Morgan fingerprint density at radius 3 is 2.83 bits per heavy atom. The van der Waals surface area contributed by atoms with Crippen molar-refractivity contribution < 1.29 is 4.79 Å². The van der Waals surface area contributed by atoms with Crippen molar-refractivity contribution in [1.29, 1.82) is 0 Å². The molecule has 2 aromatic heterocycles. The van der Waals surface area contributed by atoms with Crippen LogP contribution in [0.2, 0.25) is 0 Å². The number of nitrogens with zero attached hydrogens (tertiary/aromatic N) is 5. The van der Waals surface area contributed by atoms with Gasteiger partial charge in [0, 0.05) is 43.8 Å². The molecule has 0 aliphatic carbocycles. The molecule has 0 radical (unpaired) electrons. The molecule has 0 N–H and O–H groups in total. The van der Waals surface area contributed by atoms with Gasteiger partial charge in [0.05, 0.1) is 18.5 Å². The molecule has 6 heteroatoms. The highest BCUT2D eigenvalue weighted by Gasteiger charge is 2.29. The summed E-state index contributed by atoms with van der Waals surface area (Å²) in [5, 5.41) is 4.20. The van der Waals surface area contributed by atoms with Crippen molar-refractivity contribution in [3.05, 3.63) is 36.7 Å². The van der Waals surface area contributed by atoms with Crippen LogP contribution in [0.25, 0.3) is 0 Å². The van der Waals surface area contributed by atoms with Crippen molar-refractivity contribution in [3.63, 3.8) is 0 Å². The third-order valence-corrected chi connectivity index (χ3v) is 4.76. The van der Waals surface area contributed by atoms with Gasteiger partial charge in [-0.1, -0.05) is 20.8 Å². The summed E-state index contributed by atoms with van der Waals surface area (Å²) in [5.41, 5.74) is 0. The zero-order valence-electron chi connectivity index (χ0n) is 14.8. The number of rotatable bonds is 5. The van der Waals surface area contributed by atoms with Gasteiger partial charge in [0.15, 0.2) is 0 Å². The molecule has 130 valence electrons. The molecule has 0 bridgehead atoms. The van der Waals surface area contributed by atoms with E-state index in [4.69, 9.17) is 0 Å². The van der Waals surface area contributed by atoms with Gasteiger partial charge >= 0.3 is 0 Å². The van der Waals surface area contributed by atoms with Gasteiger partial charge in [-0.15, -0.1) is 0 Å². The summed E-state index contributed by atoms with van der Waals surface area (Å²) < 4.78 is 4.10. The van der Waals surface area contributed by atoms with Crippen LogP contribution in [-0.4, -0.2) is 43.2 Å². The molecule has 1 fully saturated rings. The van der Waals surface area contributed by atoms with E-state index in [2.05, 4.69) is 34.7 Å². The quantitative estimate of drug-likeness (QED) is 0.847. The Balaban J connectivity index is 1.66. The van der Waals surface area contributed by atoms with Crippen molar-refractivity contribution in [1.82, 2.24) is 24.2 Å². The topological polar surface area (TPSA) is 56.0 Å². The van der Waals surface area contributed by atoms with Crippen molar-refractivity contribution >= 4 is 5.91 Å². The molecule has 2 atom stereocenters. The fourth-order valence-corrected chi connectivity index (χ4v) is 3.54. The predicted octanol–water partition coefficient (Wildman–Crippen LogP) is 2.70. The van der Waals surface area contributed by atoms with Gasteiger partial charge in [0.1, 0.15) is 5.82 Å². The first-order valence-corrected chi connectivity index (χ1v) is 8.85. The Kier molecular flexibility index (Phi) is 5.02. The third-order valence-electron chi connectivity index (χ3n) is 4.76. The Morgan fingerprint density at radius 2 is 2.12 bits per heavy atom. The highest BCUT2D eigenvalue weighted by molar-refractivity contribution is 5.78. The summed E-state index contributed by atoms with van der Waals surface area (Å²) in [7, 11) is 0. The molecule has 0 spiro atoms. The first-order chi connectivity index (χ1) is 11.6. The van der Waals surface area contributed by atoms with Gasteiger partial charge in [0.25, 0.3) is 0 Å². The molecule has 1 amide bonds. The van der Waals surface area contributed by atoms with E-state index in [1.165, 1.54) is 0 Å². The number of amides is 1. The molecule has 1 aliphatic heterocycles. The monoisotopic (exact) mass is 329 g/mol. The van der Waals surface area contributed by atoms with Gasteiger partial charge in [-0.25, -0.2) is 4.98 Å². The number of carbonyl (C=O) groups is 1. The van der Waals surface area contributed by atoms with E-state index in [9.17, 15) is 4.79 Å². The molecule has 1 saturated heterocycles. The van der Waals surface area contributed by atoms with E-state index < -0.39 is 0 Å². The van der Waals surface area contributed by atoms with Crippen LogP contribution in [0.3, 0.4) is 0 Å². The van der Waals surface area contributed by atoms with E-state index in [0.717, 1.165) is 31.8 Å². The van der Waals surface area contributed by atoms with Gasteiger partial charge < -0.3 is 9.47 Å². The van der Waals surface area contributed by atoms with E-state index in [1.807, 2.05) is 35.0 Å². The fraction of sp³-hybridized carbons (Fsp3) is 0.611. The number of aromatic nitrogens is 4. The van der Waals surface area contributed by atoms with E-state index in [-0.39, 0.29) is 11.8 Å². The average molecular weight is 329 g/mol. The smallest absolute Gasteiger partial charge is 0.227 e. The van der Waals surface area contributed by atoms with Crippen LogP contribution >= 0.6 is 0 Å². The number of imidazole rings is 1. The van der Waals surface area contributed by atoms with Gasteiger partial charge in [-0.3, -0.25) is 9.48 Å². The zero-order chi connectivity index (χ0) is 17.1. The molecule has 0 unspecified atom stereocenters. The highest BCUT2D eigenvalue weighted by atomic mass is 16.2. The maximum absolute atomic E-state index is 12.8. The van der Waals surface area contributed by atoms with Gasteiger partial charge in [-0.05, 0) is 18.9 Å². The van der Waals surface area contributed by atoms with Crippen molar-refractivity contribution in [2.45, 2.75) is 52.1 Å². The van der Waals surface area contributed by atoms with Crippen molar-refractivity contribution in [3.8, 4) is 0 Å². The summed E-state index contributed by atoms with van der Waals surface area (Å²) in [6.07, 6.45) is 9.73. The summed E-state index contributed by atoms with van der Waals surface area (Å²) in [4.78, 5) is 19.3. The first kappa shape index (κ1) is 16.7. The first-order valence-electron chi connectivity index (χ1n) is 8.85. The second-order valence-corrected chi connectivity index (χ2v) is 7.06. The zero-order valence-corrected chi connectivity index (χ0v) is 14.8. The molecule has 2 aromatic rings. The second kappa shape index (κ2) is 7.20. The molecular weight excluding hydrogens is 302 g/mol. The SMILES string of the molecule is CC(C)c1nccn1[C@H]1CCCN(C(=O)[C@H](C)Cn2cccn2)C1. The van der Waals surface area contributed by atoms with Crippen LogP contribution in [-0.2, 0) is 11.3 Å². The molecular formula is C18H27N5O. The molecule has 0 saturated carbocycles. The lowest BCUT2D eigenvalue weighted by Crippen LogP contribution is -2.44. The highest BCUT2D eigenvalue weighted by Crippen LogP contribution is 2.26. The molecule has 3 rings (SSSR count). The summed E-state index contributed by atoms with van der Waals surface area (Å²) in [6.45, 7) is 8.58. The number of hydrogen-bond donors (Lipinski definition) is 0. The second-order valence-electron chi connectivity index (χ2n) is 7.06. The minimum atomic E-state index is -0.0593. The van der Waals surface area contributed by atoms with Crippen molar-refractivity contribution in [2.75, 3.05) is 13.1 Å². The lowest BCUT2D eigenvalue weighted by molar-refractivity contribution is -0.137. The van der Waals surface area contributed by atoms with Crippen molar-refractivity contribution in [2.24, 2.45) is 5.92 Å². The van der Waals surface area contributed by atoms with Crippen LogP contribution in [0.4, 0.5) is 0 Å². The number of likely N-dealkylation sites (tertiary alicyclic amines) is 1. The third kappa shape index (κ3) is 3.52. The Bertz CT molecular complexity index is 661. The lowest BCUT2D eigenvalue weighted by Gasteiger charge is -2.35. The fourth-order valence-electron chi connectivity index (χ4n) is 3.54. The van der Waals surface area contributed by atoms with Crippen LogP contribution in [0, 0.1) is 5.92 Å². The molecule has 24 heavy (non-hydrogen) atoms. The Labute approximate surface area is 143 Å². The summed E-state index contributed by atoms with van der Waals surface area (Å²) in [6, 6.07) is 2.22. The lowest BCUT2D eigenvalue weighted by atomic mass is 10.0. The maximum Gasteiger partial charge on any atom is 0.227 e. The van der Waals surface area contributed by atoms with Crippen LogP contribution in [0.1, 0.15) is 51.4 Å². The van der Waals surface area contributed by atoms with Crippen LogP contribution < -0.4 is 0 Å². The van der Waals surface area contributed by atoms with Gasteiger partial charge in [-0.2, -0.15) is 5.10 Å². The number of piperidine rings is 1. The number of hydrogen-bond acceptors (Lipinski definition) is 3. The van der Waals surface area contributed by atoms with Crippen LogP contribution in [0.5, 0.6) is 0 Å². The molecule has 1 aliphatic rings. The summed E-state index contributed by atoms with van der Waals surface area (Å²) >= 11 is 0. The molecule has 3 heterocycles. The minimum absolute atomic E-state index is 0.0593. The average Bonchev–Trinajstić information content (AvgIpc) is 3.25. The predicted molar refractivity (Wildman–Crippen MR) is 92.6 cm³/mol. The minimum Gasteiger partial charge on any atom is -0.340 e. The number of carbonyl (C=O) groups excluding carboxylic acids is 1. The van der Waals surface area contributed by atoms with Crippen LogP contribution in [0.15, 0.2) is 30.9 Å². The normalized spacial score (nSPS) is 19.7. The molecule has 6 nitrogen and oxygen atoms in total. The standard InChI is InChI=1S/C18H27N5O/c1-14(2)17-19-8-11-23(17)16-6-4-9-21(13-16)18(24)15(3)12-22-10-5-7-20-22/h5,7-8,10-11,14-16H,4,6,9,12-13H2,1-3H3/t15-,16+/m1/s1. The van der Waals surface area contributed by atoms with E-state index in [0.29, 0.717) is 18.5 Å². The Morgan fingerprint density at radius 1 is 1.29 bits per heavy atom. The van der Waals surface area contributed by atoms with E-state index in [1.54, 1.807) is 6.20 Å². The molecule has 0 aromatic carbocycles. The summed E-state index contributed by atoms with van der Waals surface area (Å²) in [5.74, 6) is 1.67. The maximum atomic E-state index is 12.8. The Hall–Kier alpha value is -2.11.